The molecule has 0 spiro atoms. The highest BCUT2D eigenvalue weighted by Crippen LogP contribution is 2.32. The molecule has 110 valence electrons. The van der Waals surface area contributed by atoms with E-state index >= 15 is 0 Å². The topological polar surface area (TPSA) is 48.9 Å². The molecule has 3 nitrogen and oxygen atoms in total. The molecular formula is C18H15FN2O. The number of aryl methyl sites for hydroxylation is 1. The molecule has 0 aliphatic heterocycles. The number of nitriles is 1. The molecule has 0 radical (unpaired) electrons. The summed E-state index contributed by atoms with van der Waals surface area (Å²) in [7, 11) is 0. The van der Waals surface area contributed by atoms with E-state index in [0.717, 1.165) is 27.8 Å². The fraction of sp³-hybridized carbons (Fsp3) is 0.167. The zero-order valence-corrected chi connectivity index (χ0v) is 12.2. The van der Waals surface area contributed by atoms with Gasteiger partial charge in [-0.2, -0.15) is 5.26 Å². The van der Waals surface area contributed by atoms with Crippen LogP contribution < -0.4 is 0 Å². The van der Waals surface area contributed by atoms with Gasteiger partial charge in [-0.05, 0) is 61.4 Å². The number of phenols is 1. The highest BCUT2D eigenvalue weighted by atomic mass is 19.1. The molecule has 0 amide bonds. The summed E-state index contributed by atoms with van der Waals surface area (Å²) in [6.45, 7) is 1.98. The normalized spacial score (nSPS) is 10.8. The quantitative estimate of drug-likeness (QED) is 0.785. The number of rotatable bonds is 3. The van der Waals surface area contributed by atoms with Crippen LogP contribution in [-0.4, -0.2) is 9.67 Å². The summed E-state index contributed by atoms with van der Waals surface area (Å²) < 4.78 is 15.2. The Bertz CT molecular complexity index is 873. The Morgan fingerprint density at radius 1 is 1.18 bits per heavy atom. The van der Waals surface area contributed by atoms with E-state index in [1.807, 2.05) is 17.6 Å². The predicted molar refractivity (Wildman–Crippen MR) is 83.6 cm³/mol. The Balaban J connectivity index is 2.28. The van der Waals surface area contributed by atoms with Gasteiger partial charge in [0.1, 0.15) is 11.6 Å². The number of hydrogen-bond acceptors (Lipinski definition) is 2. The molecule has 0 aliphatic carbocycles. The minimum Gasteiger partial charge on any atom is -0.508 e. The van der Waals surface area contributed by atoms with Crippen LogP contribution in [0, 0.1) is 24.1 Å². The van der Waals surface area contributed by atoms with E-state index in [4.69, 9.17) is 5.26 Å². The van der Waals surface area contributed by atoms with Crippen LogP contribution in [0.5, 0.6) is 5.75 Å². The van der Waals surface area contributed by atoms with E-state index in [0.29, 0.717) is 12.8 Å². The van der Waals surface area contributed by atoms with E-state index in [2.05, 4.69) is 6.07 Å². The first-order valence-corrected chi connectivity index (χ1v) is 7.07. The largest absolute Gasteiger partial charge is 0.508 e. The van der Waals surface area contributed by atoms with Gasteiger partial charge in [-0.3, -0.25) is 0 Å². The van der Waals surface area contributed by atoms with Crippen molar-refractivity contribution in [2.24, 2.45) is 0 Å². The minimum absolute atomic E-state index is 0.196. The van der Waals surface area contributed by atoms with Gasteiger partial charge in [0.2, 0.25) is 0 Å². The van der Waals surface area contributed by atoms with Crippen molar-refractivity contribution in [3.63, 3.8) is 0 Å². The number of nitrogens with zero attached hydrogens (tertiary/aromatic N) is 2. The van der Waals surface area contributed by atoms with E-state index in [1.54, 1.807) is 24.3 Å². The lowest BCUT2D eigenvalue weighted by Crippen LogP contribution is -1.97. The molecule has 0 saturated heterocycles. The summed E-state index contributed by atoms with van der Waals surface area (Å²) in [6.07, 6.45) is 1.04. The van der Waals surface area contributed by atoms with Gasteiger partial charge in [-0.1, -0.05) is 0 Å². The maximum absolute atomic E-state index is 13.2. The fourth-order valence-electron chi connectivity index (χ4n) is 2.89. The predicted octanol–water partition coefficient (Wildman–Crippen LogP) is 4.24. The Kier molecular flexibility index (Phi) is 3.56. The monoisotopic (exact) mass is 294 g/mol. The molecule has 22 heavy (non-hydrogen) atoms. The van der Waals surface area contributed by atoms with Gasteiger partial charge >= 0.3 is 0 Å². The molecule has 1 heterocycles. The third-order valence-electron chi connectivity index (χ3n) is 3.89. The number of fused-ring (bicyclic) bond motifs is 1. The summed E-state index contributed by atoms with van der Waals surface area (Å²) in [4.78, 5) is 0. The second-order valence-corrected chi connectivity index (χ2v) is 5.24. The van der Waals surface area contributed by atoms with Crippen molar-refractivity contribution in [2.45, 2.75) is 19.8 Å². The molecule has 0 fully saturated rings. The smallest absolute Gasteiger partial charge is 0.123 e. The van der Waals surface area contributed by atoms with Crippen LogP contribution >= 0.6 is 0 Å². The van der Waals surface area contributed by atoms with Crippen molar-refractivity contribution in [2.75, 3.05) is 0 Å². The lowest BCUT2D eigenvalue weighted by molar-refractivity contribution is 0.476. The zero-order chi connectivity index (χ0) is 15.7. The van der Waals surface area contributed by atoms with Gasteiger partial charge in [0.25, 0.3) is 0 Å². The maximum atomic E-state index is 13.2. The summed E-state index contributed by atoms with van der Waals surface area (Å²) in [5.74, 6) is -0.0813. The molecule has 1 N–H and O–H groups in total. The number of halogens is 1. The molecule has 0 atom stereocenters. The van der Waals surface area contributed by atoms with Gasteiger partial charge in [0, 0.05) is 23.2 Å². The van der Waals surface area contributed by atoms with E-state index in [1.165, 1.54) is 12.1 Å². The van der Waals surface area contributed by atoms with Gasteiger partial charge in [0.15, 0.2) is 0 Å². The number of phenolic OH excluding ortho intramolecular Hbond substituents is 1. The average molecular weight is 294 g/mol. The van der Waals surface area contributed by atoms with Crippen molar-refractivity contribution in [1.82, 2.24) is 4.57 Å². The minimum atomic E-state index is -0.278. The van der Waals surface area contributed by atoms with Crippen LogP contribution in [0.4, 0.5) is 4.39 Å². The summed E-state index contributed by atoms with van der Waals surface area (Å²) >= 11 is 0. The summed E-state index contributed by atoms with van der Waals surface area (Å²) in [6, 6.07) is 13.7. The number of hydrogen-bond donors (Lipinski definition) is 1. The van der Waals surface area contributed by atoms with Crippen molar-refractivity contribution in [3.05, 3.63) is 59.5 Å². The van der Waals surface area contributed by atoms with Gasteiger partial charge in [-0.25, -0.2) is 4.39 Å². The highest BCUT2D eigenvalue weighted by Gasteiger charge is 2.15. The molecule has 0 bridgehead atoms. The second-order valence-electron chi connectivity index (χ2n) is 5.24. The van der Waals surface area contributed by atoms with Crippen molar-refractivity contribution < 1.29 is 9.50 Å². The molecule has 0 saturated carbocycles. The first-order valence-electron chi connectivity index (χ1n) is 7.07. The Morgan fingerprint density at radius 3 is 2.59 bits per heavy atom. The molecular weight excluding hydrogens is 279 g/mol. The molecule has 0 aliphatic rings. The molecule has 0 unspecified atom stereocenters. The van der Waals surface area contributed by atoms with Gasteiger partial charge < -0.3 is 9.67 Å². The SMILES string of the molecule is Cc1c(CCC#N)c2cc(O)ccc2n1-c1ccc(F)cc1. The standard InChI is InChI=1S/C18H15FN2O/c1-12-16(3-2-10-20)17-11-15(22)8-9-18(17)21(12)14-6-4-13(19)5-7-14/h4-9,11,22H,2-3H2,1H3. The van der Waals surface area contributed by atoms with Crippen LogP contribution in [-0.2, 0) is 6.42 Å². The Morgan fingerprint density at radius 2 is 1.91 bits per heavy atom. The summed E-state index contributed by atoms with van der Waals surface area (Å²) in [5.41, 5.74) is 3.84. The lowest BCUT2D eigenvalue weighted by atomic mass is 10.1. The average Bonchev–Trinajstić information content (AvgIpc) is 2.77. The van der Waals surface area contributed by atoms with Crippen molar-refractivity contribution >= 4 is 10.9 Å². The van der Waals surface area contributed by atoms with E-state index < -0.39 is 0 Å². The van der Waals surface area contributed by atoms with Crippen LogP contribution in [0.15, 0.2) is 42.5 Å². The Hall–Kier alpha value is -2.80. The molecule has 3 aromatic rings. The highest BCUT2D eigenvalue weighted by molar-refractivity contribution is 5.88. The van der Waals surface area contributed by atoms with Crippen molar-refractivity contribution in [1.29, 1.82) is 5.26 Å². The number of benzene rings is 2. The van der Waals surface area contributed by atoms with E-state index in [9.17, 15) is 9.50 Å². The number of aromatic hydroxyl groups is 1. The Labute approximate surface area is 127 Å². The summed E-state index contributed by atoms with van der Waals surface area (Å²) in [5, 5.41) is 19.5. The maximum Gasteiger partial charge on any atom is 0.123 e. The van der Waals surface area contributed by atoms with Crippen LogP contribution in [0.25, 0.3) is 16.6 Å². The fourth-order valence-corrected chi connectivity index (χ4v) is 2.89. The lowest BCUT2D eigenvalue weighted by Gasteiger charge is -2.09. The third kappa shape index (κ3) is 2.31. The van der Waals surface area contributed by atoms with Crippen LogP contribution in [0.1, 0.15) is 17.7 Å². The van der Waals surface area contributed by atoms with Gasteiger partial charge in [0.05, 0.1) is 11.6 Å². The first kappa shape index (κ1) is 14.2. The van der Waals surface area contributed by atoms with Crippen LogP contribution in [0.2, 0.25) is 0 Å². The zero-order valence-electron chi connectivity index (χ0n) is 12.2. The first-order chi connectivity index (χ1) is 10.6. The molecule has 2 aromatic carbocycles. The van der Waals surface area contributed by atoms with Gasteiger partial charge in [-0.15, -0.1) is 0 Å². The number of aromatic nitrogens is 1. The third-order valence-corrected chi connectivity index (χ3v) is 3.89. The van der Waals surface area contributed by atoms with Crippen LogP contribution in [0.3, 0.4) is 0 Å². The van der Waals surface area contributed by atoms with Crippen molar-refractivity contribution in [3.8, 4) is 17.5 Å². The molecule has 3 rings (SSSR count). The molecule has 4 heteroatoms. The van der Waals surface area contributed by atoms with E-state index in [-0.39, 0.29) is 11.6 Å². The second kappa shape index (κ2) is 5.53. The molecule has 1 aromatic heterocycles.